The number of amides is 1. The number of hydrogen-bond donors (Lipinski definition) is 2. The van der Waals surface area contributed by atoms with Crippen LogP contribution >= 0.6 is 0 Å². The number of pyridine rings is 1. The maximum Gasteiger partial charge on any atom is 0.253 e. The molecule has 4 rings (SSSR count). The zero-order chi connectivity index (χ0) is 15.8. The monoisotopic (exact) mass is 307 g/mol. The van der Waals surface area contributed by atoms with Gasteiger partial charge in [-0.1, -0.05) is 12.1 Å². The molecule has 0 aliphatic heterocycles. The van der Waals surface area contributed by atoms with Crippen molar-refractivity contribution in [1.82, 2.24) is 35.3 Å². The summed E-state index contributed by atoms with van der Waals surface area (Å²) >= 11 is 0. The highest BCUT2D eigenvalue weighted by atomic mass is 16.1. The van der Waals surface area contributed by atoms with Gasteiger partial charge in [-0.05, 0) is 41.6 Å². The average molecular weight is 307 g/mol. The lowest BCUT2D eigenvalue weighted by Gasteiger charge is -2.11. The molecular formula is C15H13N7O. The van der Waals surface area contributed by atoms with Crippen LogP contribution in [0.3, 0.4) is 0 Å². The first-order valence-electron chi connectivity index (χ1n) is 7.14. The second-order valence-electron chi connectivity index (χ2n) is 5.23. The van der Waals surface area contributed by atoms with Crippen LogP contribution in [0.4, 0.5) is 0 Å². The van der Waals surface area contributed by atoms with Crippen molar-refractivity contribution in [2.45, 2.75) is 13.0 Å². The summed E-state index contributed by atoms with van der Waals surface area (Å²) in [6, 6.07) is 10.9. The fourth-order valence-corrected chi connectivity index (χ4v) is 2.40. The molecule has 8 nitrogen and oxygen atoms in total. The molecule has 0 bridgehead atoms. The Balaban J connectivity index is 1.57. The summed E-state index contributed by atoms with van der Waals surface area (Å²) in [5.74, 6) is 0.499. The standard InChI is InChI=1S/C15H13N7O/c1-9(14-17-11-4-2-3-5-12(11)18-14)16-15(23)10-6-7-13-19-20-21-22(13)8-10/h2-9H,1H3,(H,16,23)(H,17,18). The Morgan fingerprint density at radius 1 is 1.26 bits per heavy atom. The number of tetrazole rings is 1. The van der Waals surface area contributed by atoms with Crippen molar-refractivity contribution in [1.29, 1.82) is 0 Å². The molecule has 3 heterocycles. The number of imidazole rings is 1. The van der Waals surface area contributed by atoms with Gasteiger partial charge in [0.2, 0.25) is 0 Å². The molecule has 1 aromatic carbocycles. The Kier molecular flexibility index (Phi) is 3.00. The van der Waals surface area contributed by atoms with E-state index in [2.05, 4.69) is 30.8 Å². The molecule has 0 spiro atoms. The van der Waals surface area contributed by atoms with Crippen molar-refractivity contribution in [2.24, 2.45) is 0 Å². The number of para-hydroxylation sites is 2. The van der Waals surface area contributed by atoms with Gasteiger partial charge in [0.1, 0.15) is 5.82 Å². The molecule has 0 aliphatic carbocycles. The van der Waals surface area contributed by atoms with Gasteiger partial charge < -0.3 is 10.3 Å². The second-order valence-corrected chi connectivity index (χ2v) is 5.23. The van der Waals surface area contributed by atoms with E-state index in [9.17, 15) is 4.79 Å². The van der Waals surface area contributed by atoms with E-state index in [4.69, 9.17) is 0 Å². The first kappa shape index (κ1) is 13.4. The molecule has 3 aromatic heterocycles. The van der Waals surface area contributed by atoms with E-state index in [-0.39, 0.29) is 11.9 Å². The summed E-state index contributed by atoms with van der Waals surface area (Å²) in [6.07, 6.45) is 1.59. The van der Waals surface area contributed by atoms with Crippen LogP contribution in [0, 0.1) is 0 Å². The van der Waals surface area contributed by atoms with Crippen LogP contribution in [0.2, 0.25) is 0 Å². The number of aromatic nitrogens is 6. The number of nitrogens with one attached hydrogen (secondary N) is 2. The number of carbonyl (C=O) groups is 1. The van der Waals surface area contributed by atoms with Gasteiger partial charge in [0.15, 0.2) is 5.65 Å². The normalized spacial score (nSPS) is 12.6. The smallest absolute Gasteiger partial charge is 0.253 e. The third-order valence-electron chi connectivity index (χ3n) is 3.62. The molecule has 4 aromatic rings. The van der Waals surface area contributed by atoms with E-state index < -0.39 is 0 Å². The van der Waals surface area contributed by atoms with E-state index in [0.717, 1.165) is 11.0 Å². The number of carbonyl (C=O) groups excluding carboxylic acids is 1. The minimum absolute atomic E-state index is 0.213. The number of benzene rings is 1. The lowest BCUT2D eigenvalue weighted by atomic mass is 10.2. The zero-order valence-corrected chi connectivity index (χ0v) is 12.3. The van der Waals surface area contributed by atoms with Gasteiger partial charge in [-0.15, -0.1) is 5.10 Å². The van der Waals surface area contributed by atoms with Crippen LogP contribution in [0.15, 0.2) is 42.6 Å². The fourth-order valence-electron chi connectivity index (χ4n) is 2.40. The Labute approximate surface area is 130 Å². The van der Waals surface area contributed by atoms with Crippen LogP contribution in [-0.2, 0) is 0 Å². The van der Waals surface area contributed by atoms with Gasteiger partial charge in [0.05, 0.1) is 22.6 Å². The van der Waals surface area contributed by atoms with E-state index in [1.807, 2.05) is 31.2 Å². The predicted octanol–water partition coefficient (Wildman–Crippen LogP) is 1.49. The predicted molar refractivity (Wildman–Crippen MR) is 82.8 cm³/mol. The quantitative estimate of drug-likeness (QED) is 0.597. The number of fused-ring (bicyclic) bond motifs is 2. The first-order valence-corrected chi connectivity index (χ1v) is 7.14. The van der Waals surface area contributed by atoms with E-state index in [1.54, 1.807) is 18.3 Å². The largest absolute Gasteiger partial charge is 0.342 e. The van der Waals surface area contributed by atoms with Crippen LogP contribution in [0.5, 0.6) is 0 Å². The minimum atomic E-state index is -0.250. The lowest BCUT2D eigenvalue weighted by molar-refractivity contribution is 0.0938. The lowest BCUT2D eigenvalue weighted by Crippen LogP contribution is -2.27. The average Bonchev–Trinajstić information content (AvgIpc) is 3.20. The summed E-state index contributed by atoms with van der Waals surface area (Å²) in [4.78, 5) is 20.1. The van der Waals surface area contributed by atoms with E-state index in [0.29, 0.717) is 17.0 Å². The van der Waals surface area contributed by atoms with Crippen molar-refractivity contribution >= 4 is 22.6 Å². The molecule has 1 unspecified atom stereocenters. The molecule has 0 radical (unpaired) electrons. The van der Waals surface area contributed by atoms with E-state index in [1.165, 1.54) is 4.52 Å². The third kappa shape index (κ3) is 2.39. The van der Waals surface area contributed by atoms with Gasteiger partial charge in [-0.25, -0.2) is 4.98 Å². The number of H-pyrrole nitrogens is 1. The Morgan fingerprint density at radius 2 is 2.13 bits per heavy atom. The number of nitrogens with zero attached hydrogens (tertiary/aromatic N) is 5. The van der Waals surface area contributed by atoms with Gasteiger partial charge in [-0.3, -0.25) is 4.79 Å². The number of rotatable bonds is 3. The molecule has 8 heteroatoms. The molecule has 1 atom stereocenters. The summed E-state index contributed by atoms with van der Waals surface area (Å²) in [5, 5.41) is 14.1. The van der Waals surface area contributed by atoms with Crippen LogP contribution < -0.4 is 5.32 Å². The first-order chi connectivity index (χ1) is 11.2. The molecule has 0 fully saturated rings. The number of hydrogen-bond acceptors (Lipinski definition) is 5. The van der Waals surface area contributed by atoms with E-state index >= 15 is 0 Å². The Morgan fingerprint density at radius 3 is 3.00 bits per heavy atom. The van der Waals surface area contributed by atoms with Crippen LogP contribution in [0.25, 0.3) is 16.7 Å². The molecule has 0 saturated heterocycles. The summed E-state index contributed by atoms with van der Waals surface area (Å²) < 4.78 is 1.46. The maximum absolute atomic E-state index is 12.4. The van der Waals surface area contributed by atoms with Crippen molar-refractivity contribution in [3.8, 4) is 0 Å². The van der Waals surface area contributed by atoms with Crippen LogP contribution in [-0.4, -0.2) is 35.9 Å². The summed E-state index contributed by atoms with van der Waals surface area (Å²) in [6.45, 7) is 1.88. The Bertz CT molecular complexity index is 970. The summed E-state index contributed by atoms with van der Waals surface area (Å²) in [5.41, 5.74) is 2.89. The fraction of sp³-hybridized carbons (Fsp3) is 0.133. The Hall–Kier alpha value is -3.29. The van der Waals surface area contributed by atoms with Gasteiger partial charge in [0, 0.05) is 6.20 Å². The highest BCUT2D eigenvalue weighted by Gasteiger charge is 2.15. The third-order valence-corrected chi connectivity index (χ3v) is 3.62. The number of aromatic amines is 1. The molecular weight excluding hydrogens is 294 g/mol. The maximum atomic E-state index is 12.4. The van der Waals surface area contributed by atoms with Crippen molar-refractivity contribution in [3.63, 3.8) is 0 Å². The summed E-state index contributed by atoms with van der Waals surface area (Å²) in [7, 11) is 0. The highest BCUT2D eigenvalue weighted by Crippen LogP contribution is 2.16. The van der Waals surface area contributed by atoms with Crippen LogP contribution in [0.1, 0.15) is 29.1 Å². The highest BCUT2D eigenvalue weighted by molar-refractivity contribution is 5.94. The minimum Gasteiger partial charge on any atom is -0.342 e. The van der Waals surface area contributed by atoms with Gasteiger partial charge >= 0.3 is 0 Å². The van der Waals surface area contributed by atoms with Crippen molar-refractivity contribution < 1.29 is 4.79 Å². The molecule has 1 amide bonds. The van der Waals surface area contributed by atoms with Crippen molar-refractivity contribution in [3.05, 3.63) is 54.0 Å². The molecule has 2 N–H and O–H groups in total. The SMILES string of the molecule is CC(NC(=O)c1ccc2nnnn2c1)c1nc2ccccc2[nH]1. The molecule has 23 heavy (non-hydrogen) atoms. The van der Waals surface area contributed by atoms with Gasteiger partial charge in [-0.2, -0.15) is 4.52 Å². The topological polar surface area (TPSA) is 101 Å². The molecule has 114 valence electrons. The van der Waals surface area contributed by atoms with Gasteiger partial charge in [0.25, 0.3) is 5.91 Å². The molecule has 0 aliphatic rings. The zero-order valence-electron chi connectivity index (χ0n) is 12.3. The molecule has 0 saturated carbocycles. The second kappa shape index (κ2) is 5.16. The van der Waals surface area contributed by atoms with Crippen molar-refractivity contribution in [2.75, 3.05) is 0 Å².